The third-order valence-corrected chi connectivity index (χ3v) is 5.44. The Hall–Kier alpha value is -2.54. The number of nitrogens with zero attached hydrogens (tertiary/aromatic N) is 3. The van der Waals surface area contributed by atoms with Gasteiger partial charge >= 0.3 is 6.18 Å². The zero-order chi connectivity index (χ0) is 21.2. The highest BCUT2D eigenvalue weighted by Crippen LogP contribution is 2.39. The Balaban J connectivity index is 1.96. The molecule has 0 unspecified atom stereocenters. The summed E-state index contributed by atoms with van der Waals surface area (Å²) in [5.74, 6) is 0.208. The van der Waals surface area contributed by atoms with Crippen LogP contribution < -0.4 is 4.90 Å². The van der Waals surface area contributed by atoms with Crippen molar-refractivity contribution in [1.82, 2.24) is 9.97 Å². The van der Waals surface area contributed by atoms with Crippen LogP contribution in [0.1, 0.15) is 31.9 Å². The smallest absolute Gasteiger partial charge is 0.314 e. The minimum atomic E-state index is -4.53. The molecule has 0 radical (unpaired) electrons. The standard InChI is InChI=1S/C22H22F3N3S/c1-21(2,3)15-10-12-16(13-11-15)28(4)20-26-14-18(22(23,24)25)19(27-20)29-17-8-6-5-7-9-17/h5-14H,1-4H3. The molecule has 0 saturated carbocycles. The summed E-state index contributed by atoms with van der Waals surface area (Å²) in [6, 6.07) is 16.7. The van der Waals surface area contributed by atoms with Crippen molar-refractivity contribution in [3.8, 4) is 0 Å². The molecular weight excluding hydrogens is 395 g/mol. The van der Waals surface area contributed by atoms with Crippen LogP contribution in [0.4, 0.5) is 24.8 Å². The van der Waals surface area contributed by atoms with Crippen LogP contribution in [0.25, 0.3) is 0 Å². The first-order chi connectivity index (χ1) is 13.6. The Bertz CT molecular complexity index is 965. The highest BCUT2D eigenvalue weighted by molar-refractivity contribution is 7.99. The summed E-state index contributed by atoms with van der Waals surface area (Å²) < 4.78 is 40.4. The molecule has 152 valence electrons. The highest BCUT2D eigenvalue weighted by Gasteiger charge is 2.35. The molecule has 0 atom stereocenters. The summed E-state index contributed by atoms with van der Waals surface area (Å²) in [5, 5.41) is -0.119. The van der Waals surface area contributed by atoms with Gasteiger partial charge in [-0.2, -0.15) is 13.2 Å². The monoisotopic (exact) mass is 417 g/mol. The molecule has 1 aromatic heterocycles. The molecule has 3 rings (SSSR count). The van der Waals surface area contributed by atoms with Gasteiger partial charge in [-0.3, -0.25) is 0 Å². The fourth-order valence-corrected chi connectivity index (χ4v) is 3.61. The van der Waals surface area contributed by atoms with E-state index in [-0.39, 0.29) is 16.4 Å². The minimum Gasteiger partial charge on any atom is -0.314 e. The number of anilines is 2. The van der Waals surface area contributed by atoms with Crippen molar-refractivity contribution in [3.05, 3.63) is 71.9 Å². The van der Waals surface area contributed by atoms with E-state index in [0.717, 1.165) is 23.6 Å². The lowest BCUT2D eigenvalue weighted by Crippen LogP contribution is -2.17. The van der Waals surface area contributed by atoms with Gasteiger partial charge in [0, 0.05) is 23.8 Å². The second-order valence-electron chi connectivity index (χ2n) is 7.66. The Morgan fingerprint density at radius 1 is 0.897 bits per heavy atom. The van der Waals surface area contributed by atoms with Crippen molar-refractivity contribution in [1.29, 1.82) is 0 Å². The molecule has 2 aromatic carbocycles. The molecule has 0 bridgehead atoms. The molecule has 29 heavy (non-hydrogen) atoms. The zero-order valence-corrected chi connectivity index (χ0v) is 17.5. The average molecular weight is 418 g/mol. The molecule has 3 nitrogen and oxygen atoms in total. The van der Waals surface area contributed by atoms with Crippen LogP contribution in [0.5, 0.6) is 0 Å². The molecule has 7 heteroatoms. The quantitative estimate of drug-likeness (QED) is 0.441. The Labute approximate surface area is 173 Å². The van der Waals surface area contributed by atoms with E-state index in [1.807, 2.05) is 30.3 Å². The van der Waals surface area contributed by atoms with Crippen LogP contribution in [-0.4, -0.2) is 17.0 Å². The van der Waals surface area contributed by atoms with E-state index in [9.17, 15) is 13.2 Å². The number of hydrogen-bond acceptors (Lipinski definition) is 4. The molecule has 0 aliphatic carbocycles. The lowest BCUT2D eigenvalue weighted by molar-refractivity contribution is -0.140. The normalized spacial score (nSPS) is 12.1. The van der Waals surface area contributed by atoms with Gasteiger partial charge in [0.25, 0.3) is 0 Å². The van der Waals surface area contributed by atoms with Crippen molar-refractivity contribution < 1.29 is 13.2 Å². The summed E-state index contributed by atoms with van der Waals surface area (Å²) in [4.78, 5) is 10.6. The van der Waals surface area contributed by atoms with Gasteiger partial charge in [-0.25, -0.2) is 9.97 Å². The van der Waals surface area contributed by atoms with Gasteiger partial charge < -0.3 is 4.90 Å². The van der Waals surface area contributed by atoms with Crippen LogP contribution in [0.2, 0.25) is 0 Å². The van der Waals surface area contributed by atoms with E-state index in [0.29, 0.717) is 4.90 Å². The van der Waals surface area contributed by atoms with E-state index in [2.05, 4.69) is 30.7 Å². The van der Waals surface area contributed by atoms with E-state index in [1.165, 1.54) is 5.56 Å². The van der Waals surface area contributed by atoms with Crippen LogP contribution in [0.3, 0.4) is 0 Å². The predicted molar refractivity (Wildman–Crippen MR) is 111 cm³/mol. The topological polar surface area (TPSA) is 29.0 Å². The van der Waals surface area contributed by atoms with Gasteiger partial charge in [0.15, 0.2) is 0 Å². The third-order valence-electron chi connectivity index (χ3n) is 4.42. The molecule has 0 spiro atoms. The van der Waals surface area contributed by atoms with Gasteiger partial charge in [0.05, 0.1) is 0 Å². The number of halogens is 3. The third kappa shape index (κ3) is 5.09. The van der Waals surface area contributed by atoms with E-state index < -0.39 is 11.7 Å². The Kier molecular flexibility index (Phi) is 5.89. The van der Waals surface area contributed by atoms with Crippen molar-refractivity contribution in [2.45, 2.75) is 42.3 Å². The first-order valence-corrected chi connectivity index (χ1v) is 9.89. The second kappa shape index (κ2) is 8.06. The van der Waals surface area contributed by atoms with E-state index in [1.54, 1.807) is 36.2 Å². The van der Waals surface area contributed by atoms with Crippen LogP contribution >= 0.6 is 11.8 Å². The predicted octanol–water partition coefficient (Wildman–Crippen LogP) is 6.71. The second-order valence-corrected chi connectivity index (χ2v) is 8.72. The number of hydrogen-bond donors (Lipinski definition) is 0. The molecule has 0 aliphatic heterocycles. The van der Waals surface area contributed by atoms with E-state index in [4.69, 9.17) is 0 Å². The number of alkyl halides is 3. The van der Waals surface area contributed by atoms with Crippen molar-refractivity contribution in [2.75, 3.05) is 11.9 Å². The lowest BCUT2D eigenvalue weighted by Gasteiger charge is -2.22. The molecule has 0 aliphatic rings. The Morgan fingerprint density at radius 3 is 2.07 bits per heavy atom. The first kappa shape index (κ1) is 21.2. The molecule has 0 fully saturated rings. The summed E-state index contributed by atoms with van der Waals surface area (Å²) in [5.41, 5.74) is 1.14. The molecular formula is C22H22F3N3S. The maximum Gasteiger partial charge on any atom is 0.420 e. The van der Waals surface area contributed by atoms with Crippen molar-refractivity contribution in [2.24, 2.45) is 0 Å². The highest BCUT2D eigenvalue weighted by atomic mass is 32.2. The van der Waals surface area contributed by atoms with Gasteiger partial charge in [0.1, 0.15) is 10.6 Å². The fraction of sp³-hybridized carbons (Fsp3) is 0.273. The molecule has 3 aromatic rings. The average Bonchev–Trinajstić information content (AvgIpc) is 2.67. The summed E-state index contributed by atoms with van der Waals surface area (Å²) in [6.07, 6.45) is -3.67. The Morgan fingerprint density at radius 2 is 1.52 bits per heavy atom. The van der Waals surface area contributed by atoms with Crippen molar-refractivity contribution in [3.63, 3.8) is 0 Å². The molecule has 0 saturated heterocycles. The minimum absolute atomic E-state index is 0.0153. The summed E-state index contributed by atoms with van der Waals surface area (Å²) in [7, 11) is 1.74. The fourth-order valence-electron chi connectivity index (χ4n) is 2.69. The lowest BCUT2D eigenvalue weighted by atomic mass is 9.87. The van der Waals surface area contributed by atoms with Gasteiger partial charge in [-0.15, -0.1) is 0 Å². The molecule has 0 N–H and O–H groups in total. The zero-order valence-electron chi connectivity index (χ0n) is 16.7. The number of rotatable bonds is 4. The van der Waals surface area contributed by atoms with Gasteiger partial charge in [-0.05, 0) is 35.2 Å². The maximum atomic E-state index is 13.5. The number of aromatic nitrogens is 2. The van der Waals surface area contributed by atoms with Crippen molar-refractivity contribution >= 4 is 23.4 Å². The molecule has 0 amide bonds. The summed E-state index contributed by atoms with van der Waals surface area (Å²) in [6.45, 7) is 6.37. The first-order valence-electron chi connectivity index (χ1n) is 9.07. The van der Waals surface area contributed by atoms with Gasteiger partial charge in [0.2, 0.25) is 5.95 Å². The van der Waals surface area contributed by atoms with Crippen LogP contribution in [0, 0.1) is 0 Å². The maximum absolute atomic E-state index is 13.5. The summed E-state index contributed by atoms with van der Waals surface area (Å²) >= 11 is 0.976. The van der Waals surface area contributed by atoms with E-state index >= 15 is 0 Å². The number of benzene rings is 2. The molecule has 1 heterocycles. The van der Waals surface area contributed by atoms with Crippen LogP contribution in [0.15, 0.2) is 70.7 Å². The largest absolute Gasteiger partial charge is 0.420 e. The SMILES string of the molecule is CN(c1ccc(C(C)(C)C)cc1)c1ncc(C(F)(F)F)c(Sc2ccccc2)n1. The van der Waals surface area contributed by atoms with Crippen LogP contribution in [-0.2, 0) is 11.6 Å². The van der Waals surface area contributed by atoms with Gasteiger partial charge in [-0.1, -0.05) is 62.9 Å².